The smallest absolute Gasteiger partial charge is 0.179 e. The Kier molecular flexibility index (Phi) is 16.5. The van der Waals surface area contributed by atoms with Crippen molar-refractivity contribution in [2.75, 3.05) is 0 Å². The van der Waals surface area contributed by atoms with Gasteiger partial charge in [-0.1, -0.05) is 27.7 Å². The maximum Gasteiger partial charge on any atom is 0.179 e. The van der Waals surface area contributed by atoms with Gasteiger partial charge in [0, 0.05) is 12.3 Å². The lowest BCUT2D eigenvalue weighted by atomic mass is 9.92. The Morgan fingerprint density at radius 2 is 1.50 bits per heavy atom. The Bertz CT molecular complexity index is 298. The molecular formula is C15H27NO2. The number of nitrogens with one attached hydrogen (secondary N) is 1. The van der Waals surface area contributed by atoms with Crippen LogP contribution in [0.4, 0.5) is 0 Å². The molecule has 0 radical (unpaired) electrons. The van der Waals surface area contributed by atoms with Gasteiger partial charge in [-0.2, -0.15) is 0 Å². The van der Waals surface area contributed by atoms with Crippen molar-refractivity contribution in [2.45, 2.75) is 54.9 Å². The minimum Gasteiger partial charge on any atom is -0.302 e. The number of rotatable bonds is 4. The van der Waals surface area contributed by atoms with Crippen LogP contribution in [0.15, 0.2) is 0 Å². The van der Waals surface area contributed by atoms with E-state index in [2.05, 4.69) is 12.3 Å². The van der Waals surface area contributed by atoms with Crippen LogP contribution in [-0.2, 0) is 9.59 Å². The highest BCUT2D eigenvalue weighted by Gasteiger charge is 2.17. The van der Waals surface area contributed by atoms with Gasteiger partial charge in [0.15, 0.2) is 5.78 Å². The van der Waals surface area contributed by atoms with E-state index in [-0.39, 0.29) is 23.2 Å². The second-order valence-corrected chi connectivity index (χ2v) is 4.37. The SMILES string of the molecule is C#CC.CC(=N)C(=O)C(C)C(C)C.CCC(C)=O. The minimum atomic E-state index is -0.0324. The van der Waals surface area contributed by atoms with Crippen LogP contribution in [0.5, 0.6) is 0 Å². The van der Waals surface area contributed by atoms with Crippen LogP contribution in [0.3, 0.4) is 0 Å². The molecular weight excluding hydrogens is 226 g/mol. The lowest BCUT2D eigenvalue weighted by Crippen LogP contribution is -2.22. The first kappa shape index (κ1) is 21.8. The number of carbonyl (C=O) groups is 2. The van der Waals surface area contributed by atoms with E-state index in [1.807, 2.05) is 27.7 Å². The molecule has 0 fully saturated rings. The molecule has 1 N–H and O–H groups in total. The summed E-state index contributed by atoms with van der Waals surface area (Å²) in [6.45, 7) is 12.5. The van der Waals surface area contributed by atoms with Crippen molar-refractivity contribution in [2.24, 2.45) is 11.8 Å². The van der Waals surface area contributed by atoms with Crippen LogP contribution < -0.4 is 0 Å². The van der Waals surface area contributed by atoms with Gasteiger partial charge in [-0.15, -0.1) is 12.3 Å². The van der Waals surface area contributed by atoms with Crippen LogP contribution in [0.2, 0.25) is 0 Å². The Morgan fingerprint density at radius 1 is 1.22 bits per heavy atom. The molecule has 0 saturated heterocycles. The summed E-state index contributed by atoms with van der Waals surface area (Å²) in [5.41, 5.74) is 0.168. The number of Topliss-reactive ketones (excluding diaryl/α,β-unsaturated/α-hetero) is 2. The van der Waals surface area contributed by atoms with E-state index in [1.54, 1.807) is 20.8 Å². The second-order valence-electron chi connectivity index (χ2n) is 4.37. The van der Waals surface area contributed by atoms with Gasteiger partial charge >= 0.3 is 0 Å². The minimum absolute atomic E-state index is 0.00231. The Hall–Kier alpha value is -1.43. The fourth-order valence-electron chi connectivity index (χ4n) is 0.644. The van der Waals surface area contributed by atoms with E-state index < -0.39 is 0 Å². The molecule has 0 heterocycles. The molecule has 1 unspecified atom stereocenters. The average Bonchev–Trinajstić information content (AvgIpc) is 2.28. The van der Waals surface area contributed by atoms with Gasteiger partial charge in [0.2, 0.25) is 0 Å². The highest BCUT2D eigenvalue weighted by molar-refractivity contribution is 6.38. The van der Waals surface area contributed by atoms with E-state index in [4.69, 9.17) is 5.41 Å². The molecule has 3 heteroatoms. The molecule has 104 valence electrons. The van der Waals surface area contributed by atoms with Gasteiger partial charge in [-0.25, -0.2) is 0 Å². The van der Waals surface area contributed by atoms with Gasteiger partial charge in [-0.05, 0) is 26.7 Å². The first-order valence-electron chi connectivity index (χ1n) is 6.11. The number of hydrogen-bond acceptors (Lipinski definition) is 3. The zero-order valence-corrected chi connectivity index (χ0v) is 12.8. The van der Waals surface area contributed by atoms with Gasteiger partial charge in [0.1, 0.15) is 5.78 Å². The van der Waals surface area contributed by atoms with Crippen LogP contribution in [0, 0.1) is 29.6 Å². The molecule has 0 bridgehead atoms. The topological polar surface area (TPSA) is 58.0 Å². The van der Waals surface area contributed by atoms with Gasteiger partial charge in [0.25, 0.3) is 0 Å². The van der Waals surface area contributed by atoms with E-state index in [9.17, 15) is 9.59 Å². The Balaban J connectivity index is -0.000000235. The Labute approximate surface area is 112 Å². The third kappa shape index (κ3) is 17.0. The number of carbonyl (C=O) groups excluding carboxylic acids is 2. The van der Waals surface area contributed by atoms with Crippen LogP contribution >= 0.6 is 0 Å². The van der Waals surface area contributed by atoms with Crippen molar-refractivity contribution < 1.29 is 9.59 Å². The summed E-state index contributed by atoms with van der Waals surface area (Å²) in [5.74, 6) is 2.81. The standard InChI is InChI=1S/C8H15NO.C4H8O.C3H4/c1-5(2)6(3)8(10)7(4)9;1-3-4(2)5;1-3-2/h5-6,9H,1-4H3;3H2,1-2H3;1H,2H3. The number of terminal acetylenes is 1. The summed E-state index contributed by atoms with van der Waals surface area (Å²) in [5, 5.41) is 7.07. The summed E-state index contributed by atoms with van der Waals surface area (Å²) in [6, 6.07) is 0. The summed E-state index contributed by atoms with van der Waals surface area (Å²) >= 11 is 0. The van der Waals surface area contributed by atoms with Crippen molar-refractivity contribution in [3.8, 4) is 12.3 Å². The molecule has 0 aliphatic heterocycles. The molecule has 0 rings (SSSR count). The zero-order chi connectivity index (χ0) is 15.3. The quantitative estimate of drug-likeness (QED) is 0.615. The molecule has 0 spiro atoms. The predicted octanol–water partition coefficient (Wildman–Crippen LogP) is 3.51. The molecule has 0 aromatic rings. The number of hydrogen-bond donors (Lipinski definition) is 1. The van der Waals surface area contributed by atoms with Crippen LogP contribution in [0.1, 0.15) is 54.9 Å². The molecule has 0 aromatic heterocycles. The maximum atomic E-state index is 11.1. The Morgan fingerprint density at radius 3 is 1.56 bits per heavy atom. The normalized spacial score (nSPS) is 9.94. The van der Waals surface area contributed by atoms with Crippen molar-refractivity contribution >= 4 is 17.3 Å². The lowest BCUT2D eigenvalue weighted by Gasteiger charge is -2.12. The van der Waals surface area contributed by atoms with Crippen molar-refractivity contribution in [1.82, 2.24) is 0 Å². The largest absolute Gasteiger partial charge is 0.302 e. The third-order valence-electron chi connectivity index (χ3n) is 2.28. The highest BCUT2D eigenvalue weighted by Crippen LogP contribution is 2.10. The molecule has 0 aromatic carbocycles. The summed E-state index contributed by atoms with van der Waals surface area (Å²) in [7, 11) is 0. The summed E-state index contributed by atoms with van der Waals surface area (Å²) < 4.78 is 0. The fourth-order valence-corrected chi connectivity index (χ4v) is 0.644. The van der Waals surface area contributed by atoms with Crippen LogP contribution in [0.25, 0.3) is 0 Å². The summed E-state index contributed by atoms with van der Waals surface area (Å²) in [4.78, 5) is 20.9. The molecule has 0 aliphatic rings. The first-order chi connectivity index (χ1) is 8.15. The maximum absolute atomic E-state index is 11.1. The van der Waals surface area contributed by atoms with Gasteiger partial charge < -0.3 is 10.2 Å². The predicted molar refractivity (Wildman–Crippen MR) is 77.9 cm³/mol. The lowest BCUT2D eigenvalue weighted by molar-refractivity contribution is -0.117. The average molecular weight is 253 g/mol. The molecule has 1 atom stereocenters. The first-order valence-corrected chi connectivity index (χ1v) is 6.11. The van der Waals surface area contributed by atoms with Crippen molar-refractivity contribution in [1.29, 1.82) is 5.41 Å². The van der Waals surface area contributed by atoms with E-state index in [0.29, 0.717) is 12.3 Å². The van der Waals surface area contributed by atoms with Crippen LogP contribution in [-0.4, -0.2) is 17.3 Å². The van der Waals surface area contributed by atoms with E-state index in [1.165, 1.54) is 0 Å². The summed E-state index contributed by atoms with van der Waals surface area (Å²) in [6.07, 6.45) is 5.26. The van der Waals surface area contributed by atoms with E-state index >= 15 is 0 Å². The fraction of sp³-hybridized carbons (Fsp3) is 0.667. The van der Waals surface area contributed by atoms with Crippen molar-refractivity contribution in [3.63, 3.8) is 0 Å². The molecule has 0 aliphatic carbocycles. The monoisotopic (exact) mass is 253 g/mol. The highest BCUT2D eigenvalue weighted by atomic mass is 16.1. The number of ketones is 2. The molecule has 3 nitrogen and oxygen atoms in total. The van der Waals surface area contributed by atoms with Gasteiger partial charge in [-0.3, -0.25) is 4.79 Å². The zero-order valence-electron chi connectivity index (χ0n) is 12.8. The van der Waals surface area contributed by atoms with Crippen molar-refractivity contribution in [3.05, 3.63) is 0 Å². The molecule has 0 saturated carbocycles. The molecule has 18 heavy (non-hydrogen) atoms. The van der Waals surface area contributed by atoms with E-state index in [0.717, 1.165) is 0 Å². The van der Waals surface area contributed by atoms with Gasteiger partial charge in [0.05, 0.1) is 5.71 Å². The third-order valence-corrected chi connectivity index (χ3v) is 2.28. The molecule has 0 amide bonds. The second kappa shape index (κ2) is 13.6.